The number of ether oxygens (including phenoxy) is 1. The third-order valence-electron chi connectivity index (χ3n) is 2.93. The Morgan fingerprint density at radius 1 is 1.35 bits per heavy atom. The van der Waals surface area contributed by atoms with Gasteiger partial charge in [0.2, 0.25) is 0 Å². The van der Waals surface area contributed by atoms with Crippen LogP contribution in [0.3, 0.4) is 0 Å². The molecule has 1 aromatic carbocycles. The number of hydrogen-bond donors (Lipinski definition) is 3. The second-order valence-corrected chi connectivity index (χ2v) is 5.34. The molecule has 0 aliphatic heterocycles. The second kappa shape index (κ2) is 7.26. The van der Waals surface area contributed by atoms with E-state index in [0.29, 0.717) is 12.2 Å². The third-order valence-corrected chi connectivity index (χ3v) is 2.93. The first-order valence-electron chi connectivity index (χ1n) is 6.71. The molecule has 1 aromatic rings. The molecular formula is C15H23NO4. The monoisotopic (exact) mass is 281 g/mol. The highest BCUT2D eigenvalue weighted by Crippen LogP contribution is 2.15. The fraction of sp³-hybridized carbons (Fsp3) is 0.533. The van der Waals surface area contributed by atoms with E-state index in [9.17, 15) is 9.90 Å². The molecule has 0 saturated heterocycles. The summed E-state index contributed by atoms with van der Waals surface area (Å²) in [5.41, 5.74) is -0.112. The van der Waals surface area contributed by atoms with Gasteiger partial charge in [0.15, 0.2) is 0 Å². The van der Waals surface area contributed by atoms with Crippen molar-refractivity contribution in [2.45, 2.75) is 38.8 Å². The molecule has 0 heterocycles. The van der Waals surface area contributed by atoms with Crippen LogP contribution >= 0.6 is 0 Å². The van der Waals surface area contributed by atoms with Crippen LogP contribution in [0.25, 0.3) is 0 Å². The normalized spacial score (nSPS) is 14.1. The van der Waals surface area contributed by atoms with Gasteiger partial charge >= 0.3 is 5.97 Å². The molecule has 112 valence electrons. The van der Waals surface area contributed by atoms with E-state index >= 15 is 0 Å². The molecule has 1 atom stereocenters. The Bertz CT molecular complexity index is 430. The van der Waals surface area contributed by atoms with Crippen molar-refractivity contribution >= 4 is 5.97 Å². The minimum atomic E-state index is -1.13. The zero-order valence-corrected chi connectivity index (χ0v) is 12.2. The predicted molar refractivity (Wildman–Crippen MR) is 77.0 cm³/mol. The van der Waals surface area contributed by atoms with Crippen LogP contribution in [0.1, 0.15) is 26.3 Å². The number of aliphatic hydroxyl groups is 1. The summed E-state index contributed by atoms with van der Waals surface area (Å²) >= 11 is 0. The molecule has 3 N–H and O–H groups in total. The molecule has 0 aliphatic rings. The fourth-order valence-electron chi connectivity index (χ4n) is 1.91. The molecule has 0 spiro atoms. The number of aliphatic carboxylic acids is 1. The number of rotatable bonds is 8. The van der Waals surface area contributed by atoms with Gasteiger partial charge in [-0.25, -0.2) is 0 Å². The maximum absolute atomic E-state index is 11.3. The molecule has 5 heteroatoms. The number of aliphatic hydroxyl groups excluding tert-OH is 1. The Labute approximate surface area is 119 Å². The summed E-state index contributed by atoms with van der Waals surface area (Å²) in [6.45, 7) is 5.54. The van der Waals surface area contributed by atoms with Crippen molar-refractivity contribution in [2.24, 2.45) is 0 Å². The van der Waals surface area contributed by atoms with Crippen LogP contribution in [0.5, 0.6) is 5.75 Å². The van der Waals surface area contributed by atoms with Crippen LogP contribution in [0.15, 0.2) is 24.3 Å². The Balaban J connectivity index is 2.65. The summed E-state index contributed by atoms with van der Waals surface area (Å²) in [7, 11) is 0. The van der Waals surface area contributed by atoms with E-state index in [0.717, 1.165) is 5.56 Å². The zero-order valence-electron chi connectivity index (χ0n) is 12.2. The molecule has 0 amide bonds. The first kappa shape index (κ1) is 16.5. The Morgan fingerprint density at radius 3 is 2.40 bits per heavy atom. The van der Waals surface area contributed by atoms with Crippen LogP contribution < -0.4 is 10.1 Å². The number of carboxylic acid groups (broad SMARTS) is 1. The minimum absolute atomic E-state index is 0.0415. The summed E-state index contributed by atoms with van der Waals surface area (Å²) in [6, 6.07) is 7.33. The highest BCUT2D eigenvalue weighted by atomic mass is 16.5. The molecule has 0 radical (unpaired) electrons. The van der Waals surface area contributed by atoms with Gasteiger partial charge in [-0.2, -0.15) is 0 Å². The van der Waals surface area contributed by atoms with E-state index in [1.807, 2.05) is 26.0 Å². The third kappa shape index (κ3) is 4.83. The zero-order chi connectivity index (χ0) is 15.2. The Morgan fingerprint density at radius 2 is 1.95 bits per heavy atom. The van der Waals surface area contributed by atoms with Gasteiger partial charge in [0.25, 0.3) is 0 Å². The van der Waals surface area contributed by atoms with Gasteiger partial charge in [-0.3, -0.25) is 10.1 Å². The van der Waals surface area contributed by atoms with Gasteiger partial charge in [0.1, 0.15) is 17.9 Å². The quantitative estimate of drug-likeness (QED) is 0.672. The van der Waals surface area contributed by atoms with Crippen LogP contribution in [0.2, 0.25) is 0 Å². The smallest absolute Gasteiger partial charge is 0.327 e. The molecule has 0 bridgehead atoms. The Kier molecular flexibility index (Phi) is 5.98. The summed E-state index contributed by atoms with van der Waals surface area (Å²) in [6.07, 6.45) is 0.599. The van der Waals surface area contributed by atoms with Gasteiger partial charge < -0.3 is 14.9 Å². The summed E-state index contributed by atoms with van der Waals surface area (Å²) < 4.78 is 5.56. The van der Waals surface area contributed by atoms with Crippen LogP contribution in [0.4, 0.5) is 0 Å². The second-order valence-electron chi connectivity index (χ2n) is 5.34. The highest BCUT2D eigenvalue weighted by Gasteiger charge is 2.34. The largest absolute Gasteiger partial charge is 0.491 e. The fourth-order valence-corrected chi connectivity index (χ4v) is 1.91. The van der Waals surface area contributed by atoms with Crippen molar-refractivity contribution in [2.75, 3.05) is 13.2 Å². The lowest BCUT2D eigenvalue weighted by molar-refractivity contribution is -0.145. The van der Waals surface area contributed by atoms with Gasteiger partial charge in [-0.05, 0) is 44.9 Å². The van der Waals surface area contributed by atoms with Crippen LogP contribution in [0, 0.1) is 0 Å². The molecule has 0 fully saturated rings. The van der Waals surface area contributed by atoms with E-state index < -0.39 is 11.5 Å². The molecule has 5 nitrogen and oxygen atoms in total. The lowest BCUT2D eigenvalue weighted by atomic mass is 10.0. The Hall–Kier alpha value is -1.59. The minimum Gasteiger partial charge on any atom is -0.491 e. The molecule has 0 aliphatic carbocycles. The van der Waals surface area contributed by atoms with E-state index in [2.05, 4.69) is 5.32 Å². The van der Waals surface area contributed by atoms with Crippen molar-refractivity contribution in [3.8, 4) is 5.75 Å². The summed E-state index contributed by atoms with van der Waals surface area (Å²) in [5, 5.41) is 21.1. The molecule has 0 saturated carbocycles. The standard InChI is InChI=1S/C15H23NO4/c1-11(2)16-15(3,14(18)19)10-20-13-6-4-12(5-7-13)8-9-17/h4-7,11,16-17H,8-10H2,1-3H3,(H,18,19). The average Bonchev–Trinajstić information content (AvgIpc) is 2.37. The number of carbonyl (C=O) groups is 1. The first-order chi connectivity index (χ1) is 9.37. The van der Waals surface area contributed by atoms with Crippen molar-refractivity contribution in [3.05, 3.63) is 29.8 Å². The van der Waals surface area contributed by atoms with Crippen molar-refractivity contribution in [1.82, 2.24) is 5.32 Å². The van der Waals surface area contributed by atoms with Gasteiger partial charge in [0, 0.05) is 12.6 Å². The van der Waals surface area contributed by atoms with E-state index in [1.165, 1.54) is 0 Å². The topological polar surface area (TPSA) is 78.8 Å². The van der Waals surface area contributed by atoms with Gasteiger partial charge in [-0.1, -0.05) is 12.1 Å². The van der Waals surface area contributed by atoms with Gasteiger partial charge in [0.05, 0.1) is 0 Å². The number of nitrogens with one attached hydrogen (secondary N) is 1. The lowest BCUT2D eigenvalue weighted by Crippen LogP contribution is -2.56. The van der Waals surface area contributed by atoms with Crippen molar-refractivity contribution < 1.29 is 19.7 Å². The average molecular weight is 281 g/mol. The van der Waals surface area contributed by atoms with Crippen molar-refractivity contribution in [3.63, 3.8) is 0 Å². The number of carboxylic acids is 1. The number of benzene rings is 1. The lowest BCUT2D eigenvalue weighted by Gasteiger charge is -2.28. The van der Waals surface area contributed by atoms with E-state index in [-0.39, 0.29) is 19.3 Å². The van der Waals surface area contributed by atoms with E-state index in [1.54, 1.807) is 19.1 Å². The summed E-state index contributed by atoms with van der Waals surface area (Å²) in [5.74, 6) is -0.326. The molecule has 1 rings (SSSR count). The van der Waals surface area contributed by atoms with E-state index in [4.69, 9.17) is 9.84 Å². The first-order valence-corrected chi connectivity index (χ1v) is 6.71. The van der Waals surface area contributed by atoms with Crippen molar-refractivity contribution in [1.29, 1.82) is 0 Å². The molecule has 20 heavy (non-hydrogen) atoms. The van der Waals surface area contributed by atoms with Gasteiger partial charge in [-0.15, -0.1) is 0 Å². The maximum atomic E-state index is 11.3. The highest BCUT2D eigenvalue weighted by molar-refractivity contribution is 5.78. The number of hydrogen-bond acceptors (Lipinski definition) is 4. The SMILES string of the molecule is CC(C)NC(C)(COc1ccc(CCO)cc1)C(=O)O. The predicted octanol–water partition coefficient (Wildman–Crippen LogP) is 1.44. The molecule has 1 unspecified atom stereocenters. The van der Waals surface area contributed by atoms with Crippen LogP contribution in [-0.2, 0) is 11.2 Å². The molecular weight excluding hydrogens is 258 g/mol. The maximum Gasteiger partial charge on any atom is 0.327 e. The summed E-state index contributed by atoms with van der Waals surface area (Å²) in [4.78, 5) is 11.3. The van der Waals surface area contributed by atoms with Crippen LogP contribution in [-0.4, -0.2) is 41.0 Å². The molecule has 0 aromatic heterocycles.